The van der Waals surface area contributed by atoms with Gasteiger partial charge in [-0.25, -0.2) is 0 Å². The number of hydrogen-bond donors (Lipinski definition) is 0. The fourth-order valence-corrected chi connectivity index (χ4v) is 1.06. The van der Waals surface area contributed by atoms with E-state index >= 15 is 0 Å². The lowest BCUT2D eigenvalue weighted by atomic mass is 10.1. The van der Waals surface area contributed by atoms with E-state index in [4.69, 9.17) is 0 Å². The molecule has 0 aromatic heterocycles. The van der Waals surface area contributed by atoms with E-state index in [1.54, 1.807) is 0 Å². The zero-order valence-corrected chi connectivity index (χ0v) is 10.6. The Morgan fingerprint density at radius 1 is 0.867 bits per heavy atom. The normalized spacial score (nSPS) is 12.0. The van der Waals surface area contributed by atoms with Crippen LogP contribution in [0.2, 0.25) is 0 Å². The molecule has 0 aliphatic heterocycles. The number of hydrogen-bond acceptors (Lipinski definition) is 0. The molecule has 0 rings (SSSR count). The maximum Gasteiger partial charge on any atom is -0.0166 e. The highest BCUT2D eigenvalue weighted by Gasteiger charge is 1.83. The highest BCUT2D eigenvalue weighted by atomic mass is 13.9. The topological polar surface area (TPSA) is 0 Å². The molecule has 0 amide bonds. The van der Waals surface area contributed by atoms with E-state index in [2.05, 4.69) is 64.2 Å². The molecule has 0 saturated heterocycles. The van der Waals surface area contributed by atoms with Crippen molar-refractivity contribution in [1.82, 2.24) is 0 Å². The van der Waals surface area contributed by atoms with E-state index in [1.807, 2.05) is 0 Å². The summed E-state index contributed by atoms with van der Waals surface area (Å²) >= 11 is 0. The van der Waals surface area contributed by atoms with Crippen LogP contribution in [0.25, 0.3) is 0 Å². The van der Waals surface area contributed by atoms with E-state index in [1.165, 1.54) is 11.1 Å². The second kappa shape index (κ2) is 9.51. The van der Waals surface area contributed by atoms with Gasteiger partial charge < -0.3 is 0 Å². The molecule has 0 bridgehead atoms. The molecular weight excluding hydrogens is 180 g/mol. The van der Waals surface area contributed by atoms with Crippen LogP contribution in [0.15, 0.2) is 47.6 Å². The Balaban J connectivity index is 3.66. The van der Waals surface area contributed by atoms with Gasteiger partial charge in [0.05, 0.1) is 0 Å². The Morgan fingerprint density at radius 2 is 1.53 bits per heavy atom. The van der Waals surface area contributed by atoms with Crippen LogP contribution in [0.5, 0.6) is 0 Å². The van der Waals surface area contributed by atoms with Crippen molar-refractivity contribution in [3.63, 3.8) is 0 Å². The van der Waals surface area contributed by atoms with Gasteiger partial charge in [0.15, 0.2) is 0 Å². The predicted octanol–water partition coefficient (Wildman–Crippen LogP) is 5.20. The number of allylic oxidation sites excluding steroid dienone is 8. The molecule has 0 spiro atoms. The van der Waals surface area contributed by atoms with Crippen LogP contribution in [0.1, 0.15) is 47.0 Å². The molecule has 84 valence electrons. The van der Waals surface area contributed by atoms with Gasteiger partial charge in [0.1, 0.15) is 0 Å². The molecule has 0 fully saturated rings. The van der Waals surface area contributed by atoms with E-state index < -0.39 is 0 Å². The van der Waals surface area contributed by atoms with Crippen LogP contribution in [0.3, 0.4) is 0 Å². The number of unbranched alkanes of at least 4 members (excludes halogenated alkanes) is 1. The first-order chi connectivity index (χ1) is 7.18. The molecule has 0 N–H and O–H groups in total. The van der Waals surface area contributed by atoms with Crippen LogP contribution in [-0.4, -0.2) is 0 Å². The molecule has 0 nitrogen and oxygen atoms in total. The summed E-state index contributed by atoms with van der Waals surface area (Å²) < 4.78 is 0. The standard InChI is InChI=1S/C15H24/c1-5-6-7-8-9-10-11-12-13-15(4)14(2)3/h5-6,9-10,12-13H,7-8,11H2,1-4H3/b6-5+,10-9+,13-12+. The summed E-state index contributed by atoms with van der Waals surface area (Å²) in [5, 5.41) is 0. The average molecular weight is 204 g/mol. The average Bonchev–Trinajstić information content (AvgIpc) is 2.21. The largest absolute Gasteiger partial charge is 0.0917 e. The second-order valence-corrected chi connectivity index (χ2v) is 3.94. The van der Waals surface area contributed by atoms with Gasteiger partial charge in [0, 0.05) is 0 Å². The zero-order chi connectivity index (χ0) is 11.5. The van der Waals surface area contributed by atoms with Gasteiger partial charge in [-0.1, -0.05) is 47.6 Å². The molecule has 0 aliphatic carbocycles. The van der Waals surface area contributed by atoms with Gasteiger partial charge in [-0.05, 0) is 47.0 Å². The minimum absolute atomic E-state index is 1.04. The Hall–Kier alpha value is -1.04. The van der Waals surface area contributed by atoms with Crippen molar-refractivity contribution in [1.29, 1.82) is 0 Å². The third kappa shape index (κ3) is 9.27. The zero-order valence-electron chi connectivity index (χ0n) is 10.6. The van der Waals surface area contributed by atoms with E-state index in [0.29, 0.717) is 0 Å². The first kappa shape index (κ1) is 14.0. The third-order valence-corrected chi connectivity index (χ3v) is 2.33. The van der Waals surface area contributed by atoms with Crippen molar-refractivity contribution in [2.24, 2.45) is 0 Å². The predicted molar refractivity (Wildman–Crippen MR) is 71.0 cm³/mol. The summed E-state index contributed by atoms with van der Waals surface area (Å²) in [5.41, 5.74) is 2.76. The Labute approximate surface area is 95.1 Å². The van der Waals surface area contributed by atoms with Crippen molar-refractivity contribution < 1.29 is 0 Å². The summed E-state index contributed by atoms with van der Waals surface area (Å²) in [6, 6.07) is 0. The van der Waals surface area contributed by atoms with Gasteiger partial charge in [0.25, 0.3) is 0 Å². The molecule has 0 aromatic rings. The lowest BCUT2D eigenvalue weighted by Gasteiger charge is -1.93. The monoisotopic (exact) mass is 204 g/mol. The highest BCUT2D eigenvalue weighted by Crippen LogP contribution is 2.04. The SMILES string of the molecule is C/C=C/CC/C=C/C/C=C/C(C)=C(C)C. The molecule has 0 heteroatoms. The smallest absolute Gasteiger partial charge is 0.0166 e. The Kier molecular flexibility index (Phi) is 8.85. The molecule has 0 saturated carbocycles. The van der Waals surface area contributed by atoms with Gasteiger partial charge in [-0.15, -0.1) is 0 Å². The molecular formula is C15H24. The second-order valence-electron chi connectivity index (χ2n) is 3.94. The van der Waals surface area contributed by atoms with Crippen LogP contribution >= 0.6 is 0 Å². The van der Waals surface area contributed by atoms with Crippen LogP contribution in [-0.2, 0) is 0 Å². The molecule has 0 radical (unpaired) electrons. The maximum atomic E-state index is 2.25. The summed E-state index contributed by atoms with van der Waals surface area (Å²) in [7, 11) is 0. The van der Waals surface area contributed by atoms with Crippen molar-refractivity contribution in [2.45, 2.75) is 47.0 Å². The number of rotatable bonds is 6. The fraction of sp³-hybridized carbons (Fsp3) is 0.467. The van der Waals surface area contributed by atoms with Crippen LogP contribution < -0.4 is 0 Å². The molecule has 0 atom stereocenters. The summed E-state index contributed by atoms with van der Waals surface area (Å²) in [5.74, 6) is 0. The van der Waals surface area contributed by atoms with Crippen molar-refractivity contribution in [3.8, 4) is 0 Å². The van der Waals surface area contributed by atoms with Gasteiger partial charge in [0.2, 0.25) is 0 Å². The highest BCUT2D eigenvalue weighted by molar-refractivity contribution is 5.21. The maximum absolute atomic E-state index is 2.25. The lowest BCUT2D eigenvalue weighted by molar-refractivity contribution is 1.04. The van der Waals surface area contributed by atoms with Gasteiger partial charge in [-0.3, -0.25) is 0 Å². The molecule has 0 heterocycles. The van der Waals surface area contributed by atoms with E-state index in [0.717, 1.165) is 19.3 Å². The van der Waals surface area contributed by atoms with Crippen molar-refractivity contribution >= 4 is 0 Å². The van der Waals surface area contributed by atoms with Crippen LogP contribution in [0.4, 0.5) is 0 Å². The van der Waals surface area contributed by atoms with Crippen molar-refractivity contribution in [3.05, 3.63) is 47.6 Å². The first-order valence-electron chi connectivity index (χ1n) is 5.75. The summed E-state index contributed by atoms with van der Waals surface area (Å²) in [4.78, 5) is 0. The molecule has 15 heavy (non-hydrogen) atoms. The lowest BCUT2D eigenvalue weighted by Crippen LogP contribution is -1.72. The Morgan fingerprint density at radius 3 is 2.13 bits per heavy atom. The molecule has 0 aliphatic rings. The third-order valence-electron chi connectivity index (χ3n) is 2.33. The quantitative estimate of drug-likeness (QED) is 0.317. The minimum Gasteiger partial charge on any atom is -0.0917 e. The minimum atomic E-state index is 1.04. The first-order valence-corrected chi connectivity index (χ1v) is 5.75. The van der Waals surface area contributed by atoms with Crippen LogP contribution in [0, 0.1) is 0 Å². The fourth-order valence-electron chi connectivity index (χ4n) is 1.06. The molecule has 0 unspecified atom stereocenters. The Bertz CT molecular complexity index is 258. The van der Waals surface area contributed by atoms with E-state index in [-0.39, 0.29) is 0 Å². The summed E-state index contributed by atoms with van der Waals surface area (Å²) in [6.07, 6.45) is 16.6. The summed E-state index contributed by atoms with van der Waals surface area (Å²) in [6.45, 7) is 8.51. The van der Waals surface area contributed by atoms with Crippen molar-refractivity contribution in [2.75, 3.05) is 0 Å². The van der Waals surface area contributed by atoms with Gasteiger partial charge in [-0.2, -0.15) is 0 Å². The van der Waals surface area contributed by atoms with E-state index in [9.17, 15) is 0 Å². The van der Waals surface area contributed by atoms with Gasteiger partial charge >= 0.3 is 0 Å². The molecule has 0 aromatic carbocycles.